The van der Waals surface area contributed by atoms with E-state index in [1.165, 1.54) is 10.9 Å². The molecule has 0 atom stereocenters. The van der Waals surface area contributed by atoms with Gasteiger partial charge >= 0.3 is 0 Å². The number of rotatable bonds is 1. The van der Waals surface area contributed by atoms with Crippen molar-refractivity contribution in [3.05, 3.63) is 28.0 Å². The summed E-state index contributed by atoms with van der Waals surface area (Å²) in [6.45, 7) is 3.63. The van der Waals surface area contributed by atoms with Crippen LogP contribution in [0, 0.1) is 13.8 Å². The zero-order valence-electron chi connectivity index (χ0n) is 8.29. The molecule has 0 aromatic carbocycles. The Balaban J connectivity index is 2.67. The minimum atomic E-state index is -0.121. The first-order valence-electron chi connectivity index (χ1n) is 4.27. The zero-order valence-corrected chi connectivity index (χ0v) is 8.29. The van der Waals surface area contributed by atoms with Gasteiger partial charge in [0, 0.05) is 12.7 Å². The summed E-state index contributed by atoms with van der Waals surface area (Å²) < 4.78 is 6.59. The number of hydrogen-bond donors (Lipinski definition) is 1. The van der Waals surface area contributed by atoms with Gasteiger partial charge in [-0.15, -0.1) is 0 Å². The van der Waals surface area contributed by atoms with E-state index in [-0.39, 0.29) is 5.56 Å². The lowest BCUT2D eigenvalue weighted by atomic mass is 10.2. The van der Waals surface area contributed by atoms with E-state index in [1.54, 1.807) is 7.05 Å². The highest BCUT2D eigenvalue weighted by Crippen LogP contribution is 2.16. The van der Waals surface area contributed by atoms with E-state index in [1.807, 2.05) is 13.8 Å². The van der Waals surface area contributed by atoms with Crippen molar-refractivity contribution in [3.8, 4) is 11.5 Å². The fourth-order valence-electron chi connectivity index (χ4n) is 1.41. The van der Waals surface area contributed by atoms with E-state index < -0.39 is 0 Å². The molecular formula is C9H11N3O2. The fraction of sp³-hybridized carbons (Fsp3) is 0.333. The van der Waals surface area contributed by atoms with Crippen molar-refractivity contribution in [2.45, 2.75) is 13.8 Å². The molecule has 74 valence electrons. The molecule has 0 unspecified atom stereocenters. The number of oxazole rings is 1. The average Bonchev–Trinajstić information content (AvgIpc) is 2.60. The van der Waals surface area contributed by atoms with Crippen LogP contribution in [-0.2, 0) is 7.05 Å². The van der Waals surface area contributed by atoms with Crippen LogP contribution in [0.1, 0.15) is 11.4 Å². The Labute approximate surface area is 80.4 Å². The molecule has 5 nitrogen and oxygen atoms in total. The molecule has 0 spiro atoms. The number of nitrogens with one attached hydrogen (secondary N) is 1. The maximum atomic E-state index is 11.6. The van der Waals surface area contributed by atoms with Gasteiger partial charge in [0.05, 0.1) is 5.69 Å². The Morgan fingerprint density at radius 3 is 2.64 bits per heavy atom. The van der Waals surface area contributed by atoms with Gasteiger partial charge in [0.1, 0.15) is 11.8 Å². The molecule has 0 bridgehead atoms. The van der Waals surface area contributed by atoms with Crippen LogP contribution in [-0.4, -0.2) is 14.8 Å². The van der Waals surface area contributed by atoms with Gasteiger partial charge in [-0.05, 0) is 13.8 Å². The molecule has 5 heteroatoms. The Morgan fingerprint density at radius 2 is 2.21 bits per heavy atom. The molecule has 2 aromatic heterocycles. The van der Waals surface area contributed by atoms with E-state index in [4.69, 9.17) is 4.42 Å². The summed E-state index contributed by atoms with van der Waals surface area (Å²) in [7, 11) is 1.66. The smallest absolute Gasteiger partial charge is 0.279 e. The SMILES string of the molecule is Cc1coc(-c2c(C)[nH]n(C)c2=O)n1. The van der Waals surface area contributed by atoms with E-state index >= 15 is 0 Å². The number of aromatic amines is 1. The van der Waals surface area contributed by atoms with Gasteiger partial charge in [-0.3, -0.25) is 14.6 Å². The predicted octanol–water partition coefficient (Wildman–Crippen LogP) is 0.985. The normalized spacial score (nSPS) is 10.8. The van der Waals surface area contributed by atoms with Crippen LogP contribution in [0.15, 0.2) is 15.5 Å². The monoisotopic (exact) mass is 193 g/mol. The fourth-order valence-corrected chi connectivity index (χ4v) is 1.41. The Hall–Kier alpha value is -1.78. The summed E-state index contributed by atoms with van der Waals surface area (Å²) >= 11 is 0. The topological polar surface area (TPSA) is 63.8 Å². The van der Waals surface area contributed by atoms with Crippen molar-refractivity contribution in [1.29, 1.82) is 0 Å². The second-order valence-electron chi connectivity index (χ2n) is 3.27. The van der Waals surface area contributed by atoms with E-state index in [9.17, 15) is 4.79 Å². The summed E-state index contributed by atoms with van der Waals surface area (Å²) in [6, 6.07) is 0. The highest BCUT2D eigenvalue weighted by molar-refractivity contribution is 5.54. The number of nitrogens with zero attached hydrogens (tertiary/aromatic N) is 2. The summed E-state index contributed by atoms with van der Waals surface area (Å²) in [5, 5.41) is 2.89. The van der Waals surface area contributed by atoms with E-state index in [0.29, 0.717) is 11.5 Å². The molecule has 1 N–H and O–H groups in total. The van der Waals surface area contributed by atoms with Gasteiger partial charge in [-0.25, -0.2) is 4.98 Å². The van der Waals surface area contributed by atoms with Gasteiger partial charge in [-0.2, -0.15) is 0 Å². The summed E-state index contributed by atoms with van der Waals surface area (Å²) in [5.41, 5.74) is 1.91. The van der Waals surface area contributed by atoms with Crippen LogP contribution in [0.3, 0.4) is 0 Å². The lowest BCUT2D eigenvalue weighted by Gasteiger charge is -1.87. The number of H-pyrrole nitrogens is 1. The molecular weight excluding hydrogens is 182 g/mol. The predicted molar refractivity (Wildman–Crippen MR) is 51.0 cm³/mol. The van der Waals surface area contributed by atoms with E-state index in [2.05, 4.69) is 10.1 Å². The Bertz CT molecular complexity index is 518. The minimum Gasteiger partial charge on any atom is -0.444 e. The third-order valence-electron chi connectivity index (χ3n) is 2.06. The summed E-state index contributed by atoms with van der Waals surface area (Å²) in [6.07, 6.45) is 1.53. The third-order valence-corrected chi connectivity index (χ3v) is 2.06. The first-order valence-corrected chi connectivity index (χ1v) is 4.27. The van der Waals surface area contributed by atoms with Crippen molar-refractivity contribution in [3.63, 3.8) is 0 Å². The van der Waals surface area contributed by atoms with Crippen LogP contribution < -0.4 is 5.56 Å². The second-order valence-corrected chi connectivity index (χ2v) is 3.27. The van der Waals surface area contributed by atoms with Crippen molar-refractivity contribution < 1.29 is 4.42 Å². The van der Waals surface area contributed by atoms with Crippen LogP contribution >= 0.6 is 0 Å². The zero-order chi connectivity index (χ0) is 10.3. The molecule has 0 radical (unpaired) electrons. The van der Waals surface area contributed by atoms with Crippen molar-refractivity contribution >= 4 is 0 Å². The molecule has 2 aromatic rings. The molecule has 14 heavy (non-hydrogen) atoms. The van der Waals surface area contributed by atoms with Gasteiger partial charge in [0.25, 0.3) is 5.56 Å². The Morgan fingerprint density at radius 1 is 1.50 bits per heavy atom. The first-order chi connectivity index (χ1) is 6.59. The molecule has 0 saturated carbocycles. The van der Waals surface area contributed by atoms with Crippen LogP contribution in [0.2, 0.25) is 0 Å². The molecule has 0 saturated heterocycles. The van der Waals surface area contributed by atoms with Crippen LogP contribution in [0.5, 0.6) is 0 Å². The molecule has 0 aliphatic rings. The average molecular weight is 193 g/mol. The van der Waals surface area contributed by atoms with E-state index in [0.717, 1.165) is 11.4 Å². The van der Waals surface area contributed by atoms with Crippen LogP contribution in [0.25, 0.3) is 11.5 Å². The van der Waals surface area contributed by atoms with Crippen molar-refractivity contribution in [1.82, 2.24) is 14.8 Å². The molecule has 0 fully saturated rings. The second kappa shape index (κ2) is 2.87. The number of aromatic nitrogens is 3. The summed E-state index contributed by atoms with van der Waals surface area (Å²) in [5.74, 6) is 0.377. The van der Waals surface area contributed by atoms with Gasteiger partial charge < -0.3 is 4.42 Å². The molecule has 2 heterocycles. The molecule has 0 aliphatic heterocycles. The summed E-state index contributed by atoms with van der Waals surface area (Å²) in [4.78, 5) is 15.7. The quantitative estimate of drug-likeness (QED) is 0.734. The highest BCUT2D eigenvalue weighted by Gasteiger charge is 2.15. The largest absolute Gasteiger partial charge is 0.444 e. The molecule has 2 rings (SSSR count). The third kappa shape index (κ3) is 1.17. The minimum absolute atomic E-state index is 0.121. The van der Waals surface area contributed by atoms with Crippen LogP contribution in [0.4, 0.5) is 0 Å². The Kier molecular flexibility index (Phi) is 1.80. The van der Waals surface area contributed by atoms with Gasteiger partial charge in [0.2, 0.25) is 5.89 Å². The molecule has 0 aliphatic carbocycles. The highest BCUT2D eigenvalue weighted by atomic mass is 16.3. The first kappa shape index (κ1) is 8.80. The standard InChI is InChI=1S/C9H11N3O2/c1-5-4-14-8(10-5)7-6(2)11-12(3)9(7)13/h4,11H,1-3H3. The van der Waals surface area contributed by atoms with Gasteiger partial charge in [-0.1, -0.05) is 0 Å². The van der Waals surface area contributed by atoms with Crippen molar-refractivity contribution in [2.75, 3.05) is 0 Å². The lowest BCUT2D eigenvalue weighted by molar-refractivity contribution is 0.572. The lowest BCUT2D eigenvalue weighted by Crippen LogP contribution is -2.13. The van der Waals surface area contributed by atoms with Gasteiger partial charge in [0.15, 0.2) is 0 Å². The van der Waals surface area contributed by atoms with Crippen molar-refractivity contribution in [2.24, 2.45) is 7.05 Å². The maximum absolute atomic E-state index is 11.6. The molecule has 0 amide bonds. The maximum Gasteiger partial charge on any atom is 0.279 e. The number of aryl methyl sites for hydroxylation is 3. The number of hydrogen-bond acceptors (Lipinski definition) is 3.